The van der Waals surface area contributed by atoms with Crippen LogP contribution in [0.4, 0.5) is 11.4 Å². The molecular formula is C44H47N5. The van der Waals surface area contributed by atoms with Crippen LogP contribution in [-0.2, 0) is 0 Å². The summed E-state index contributed by atoms with van der Waals surface area (Å²) in [5.41, 5.74) is 8.76. The first kappa shape index (κ1) is 36.5. The van der Waals surface area contributed by atoms with E-state index in [0.717, 1.165) is 83.4 Å². The summed E-state index contributed by atoms with van der Waals surface area (Å²) in [5.74, 6) is 0. The van der Waals surface area contributed by atoms with E-state index in [2.05, 4.69) is 137 Å². The van der Waals surface area contributed by atoms with Crippen LogP contribution in [0, 0.1) is 56.2 Å². The largest absolute Gasteiger partial charge is 0.341 e. The van der Waals surface area contributed by atoms with Crippen molar-refractivity contribution in [3.05, 3.63) is 117 Å². The second kappa shape index (κ2) is 16.6. The third kappa shape index (κ3) is 10.3. The third-order valence-corrected chi connectivity index (χ3v) is 9.14. The molecule has 0 spiro atoms. The minimum atomic E-state index is -0.0127. The molecule has 0 bridgehead atoms. The van der Waals surface area contributed by atoms with Gasteiger partial charge in [-0.05, 0) is 101 Å². The van der Waals surface area contributed by atoms with Crippen molar-refractivity contribution in [1.29, 1.82) is 21.0 Å². The van der Waals surface area contributed by atoms with Crippen LogP contribution in [-0.4, -0.2) is 6.54 Å². The maximum atomic E-state index is 9.41. The Kier molecular flexibility index (Phi) is 12.4. The molecule has 0 radical (unpaired) electrons. The summed E-state index contributed by atoms with van der Waals surface area (Å²) in [5, 5.41) is 37.6. The van der Waals surface area contributed by atoms with Gasteiger partial charge in [-0.1, -0.05) is 115 Å². The van der Waals surface area contributed by atoms with Crippen LogP contribution in [0.1, 0.15) is 97.1 Å². The summed E-state index contributed by atoms with van der Waals surface area (Å²) in [6, 6.07) is 25.6. The van der Waals surface area contributed by atoms with Crippen LogP contribution < -0.4 is 4.90 Å². The lowest BCUT2D eigenvalue weighted by Gasteiger charge is -2.30. The lowest BCUT2D eigenvalue weighted by atomic mass is 9.74. The minimum Gasteiger partial charge on any atom is -0.341 e. The lowest BCUT2D eigenvalue weighted by Crippen LogP contribution is -2.18. The molecule has 2 aliphatic carbocycles. The smallest absolute Gasteiger partial charge is 0.132 e. The normalized spacial score (nSPS) is 16.6. The predicted molar refractivity (Wildman–Crippen MR) is 201 cm³/mol. The molecule has 2 aromatic carbocycles. The van der Waals surface area contributed by atoms with Crippen molar-refractivity contribution in [3.8, 4) is 24.3 Å². The number of hydrogen-bond acceptors (Lipinski definition) is 5. The molecule has 0 amide bonds. The summed E-state index contributed by atoms with van der Waals surface area (Å²) < 4.78 is 0. The van der Waals surface area contributed by atoms with Crippen molar-refractivity contribution < 1.29 is 0 Å². The molecule has 0 N–H and O–H groups in total. The molecule has 4 rings (SSSR count). The standard InChI is InChI=1S/C44H47N5/c1-6-7-8-9-22-49(41-18-14-33(15-19-41)10-12-35-23-37(39(29-45)30-46)27-43(2,3)25-35)42-20-16-34(17-21-42)11-13-36-24-38(40(31-47)32-48)28-44(4,5)26-36/h10-21,23-24H,6-9,22,25-28H2,1-5H3/b12-10+,13-11+. The predicted octanol–water partition coefficient (Wildman–Crippen LogP) is 11.6. The van der Waals surface area contributed by atoms with Gasteiger partial charge in [-0.25, -0.2) is 0 Å². The van der Waals surface area contributed by atoms with Crippen LogP contribution in [0.3, 0.4) is 0 Å². The molecule has 248 valence electrons. The highest BCUT2D eigenvalue weighted by atomic mass is 15.1. The number of nitriles is 4. The Bertz CT molecular complexity index is 1700. The summed E-state index contributed by atoms with van der Waals surface area (Å²) in [7, 11) is 0. The Balaban J connectivity index is 1.54. The van der Waals surface area contributed by atoms with Crippen LogP contribution >= 0.6 is 0 Å². The maximum absolute atomic E-state index is 9.41. The van der Waals surface area contributed by atoms with Gasteiger partial charge < -0.3 is 4.90 Å². The number of nitrogens with zero attached hydrogens (tertiary/aromatic N) is 5. The summed E-state index contributed by atoms with van der Waals surface area (Å²) in [6.45, 7) is 11.9. The quantitative estimate of drug-likeness (QED) is 0.179. The molecule has 0 saturated heterocycles. The molecule has 0 saturated carbocycles. The minimum absolute atomic E-state index is 0.0127. The Labute approximate surface area is 293 Å². The van der Waals surface area contributed by atoms with Crippen molar-refractivity contribution in [1.82, 2.24) is 0 Å². The molecule has 2 aliphatic rings. The van der Waals surface area contributed by atoms with E-state index < -0.39 is 0 Å². The van der Waals surface area contributed by atoms with E-state index in [1.54, 1.807) is 0 Å². The van der Waals surface area contributed by atoms with Gasteiger partial charge in [0.25, 0.3) is 0 Å². The van der Waals surface area contributed by atoms with E-state index in [4.69, 9.17) is 0 Å². The molecule has 0 fully saturated rings. The van der Waals surface area contributed by atoms with E-state index in [-0.39, 0.29) is 22.0 Å². The summed E-state index contributed by atoms with van der Waals surface area (Å²) in [6.07, 6.45) is 20.4. The fourth-order valence-electron chi connectivity index (χ4n) is 6.83. The Morgan fingerprint density at radius 3 is 1.37 bits per heavy atom. The van der Waals surface area contributed by atoms with Gasteiger partial charge in [0.15, 0.2) is 0 Å². The van der Waals surface area contributed by atoms with Gasteiger partial charge >= 0.3 is 0 Å². The molecule has 0 atom stereocenters. The Hall–Kier alpha value is -5.36. The zero-order valence-corrected chi connectivity index (χ0v) is 29.7. The van der Waals surface area contributed by atoms with Crippen molar-refractivity contribution in [2.45, 2.75) is 86.0 Å². The van der Waals surface area contributed by atoms with Crippen molar-refractivity contribution in [2.75, 3.05) is 11.4 Å². The monoisotopic (exact) mass is 645 g/mol. The molecule has 5 nitrogen and oxygen atoms in total. The second-order valence-corrected chi connectivity index (χ2v) is 14.8. The van der Waals surface area contributed by atoms with Gasteiger partial charge in [-0.3, -0.25) is 0 Å². The molecule has 49 heavy (non-hydrogen) atoms. The number of rotatable bonds is 11. The van der Waals surface area contributed by atoms with E-state index in [1.807, 2.05) is 12.2 Å². The Morgan fingerprint density at radius 1 is 0.592 bits per heavy atom. The lowest BCUT2D eigenvalue weighted by molar-refractivity contribution is 0.354. The number of allylic oxidation sites excluding steroid dienone is 10. The Morgan fingerprint density at radius 2 is 1.00 bits per heavy atom. The molecule has 0 aliphatic heterocycles. The molecule has 5 heteroatoms. The van der Waals surface area contributed by atoms with Gasteiger partial charge in [-0.15, -0.1) is 0 Å². The highest BCUT2D eigenvalue weighted by Gasteiger charge is 2.27. The highest BCUT2D eigenvalue weighted by Crippen LogP contribution is 2.41. The van der Waals surface area contributed by atoms with Crippen molar-refractivity contribution in [3.63, 3.8) is 0 Å². The fourth-order valence-corrected chi connectivity index (χ4v) is 6.83. The van der Waals surface area contributed by atoms with Crippen molar-refractivity contribution >= 4 is 23.5 Å². The molecule has 0 aromatic heterocycles. The van der Waals surface area contributed by atoms with Crippen LogP contribution in [0.5, 0.6) is 0 Å². The van der Waals surface area contributed by atoms with E-state index in [1.165, 1.54) is 19.3 Å². The van der Waals surface area contributed by atoms with Gasteiger partial charge in [0.05, 0.1) is 0 Å². The van der Waals surface area contributed by atoms with Gasteiger partial charge in [0.1, 0.15) is 35.4 Å². The van der Waals surface area contributed by atoms with Crippen LogP contribution in [0.2, 0.25) is 0 Å². The number of unbranched alkanes of at least 4 members (excludes halogenated alkanes) is 3. The summed E-state index contributed by atoms with van der Waals surface area (Å²) >= 11 is 0. The van der Waals surface area contributed by atoms with Crippen LogP contribution in [0.15, 0.2) is 106 Å². The molecular weight excluding hydrogens is 599 g/mol. The number of benzene rings is 2. The third-order valence-electron chi connectivity index (χ3n) is 9.14. The van der Waals surface area contributed by atoms with E-state index >= 15 is 0 Å². The number of hydrogen-bond donors (Lipinski definition) is 0. The topological polar surface area (TPSA) is 98.4 Å². The molecule has 0 heterocycles. The number of anilines is 2. The van der Waals surface area contributed by atoms with Crippen LogP contribution in [0.25, 0.3) is 12.2 Å². The SMILES string of the molecule is CCCCCCN(c1ccc(/C=C/C2=CC(=C(C#N)C#N)CC(C)(C)C2)cc1)c1ccc(/C=C/C2=CC(=C(C#N)C#N)CC(C)(C)C2)cc1. The zero-order chi connectivity index (χ0) is 35.4. The second-order valence-electron chi connectivity index (χ2n) is 14.8. The highest BCUT2D eigenvalue weighted by molar-refractivity contribution is 5.68. The average molecular weight is 646 g/mol. The summed E-state index contributed by atoms with van der Waals surface area (Å²) in [4.78, 5) is 2.39. The average Bonchev–Trinajstić information content (AvgIpc) is 3.07. The van der Waals surface area contributed by atoms with E-state index in [9.17, 15) is 21.0 Å². The van der Waals surface area contributed by atoms with Gasteiger partial charge in [0.2, 0.25) is 0 Å². The van der Waals surface area contributed by atoms with Gasteiger partial charge in [0, 0.05) is 17.9 Å². The first-order valence-electron chi connectivity index (χ1n) is 17.3. The van der Waals surface area contributed by atoms with E-state index in [0.29, 0.717) is 0 Å². The maximum Gasteiger partial charge on any atom is 0.132 e. The zero-order valence-electron chi connectivity index (χ0n) is 29.7. The molecule has 0 unspecified atom stereocenters. The first-order chi connectivity index (χ1) is 23.5. The van der Waals surface area contributed by atoms with Gasteiger partial charge in [-0.2, -0.15) is 21.0 Å². The fraction of sp³-hybridized carbons (Fsp3) is 0.364. The molecule has 2 aromatic rings. The van der Waals surface area contributed by atoms with Crippen molar-refractivity contribution in [2.24, 2.45) is 10.8 Å². The first-order valence-corrected chi connectivity index (χ1v) is 17.3.